The molecule has 0 aliphatic heterocycles. The molecule has 53 heavy (non-hydrogen) atoms. The number of hydrogen-bond acceptors (Lipinski definition) is 10. The van der Waals surface area contributed by atoms with Crippen molar-refractivity contribution in [3.63, 3.8) is 0 Å². The summed E-state index contributed by atoms with van der Waals surface area (Å²) in [7, 11) is 0. The third kappa shape index (κ3) is 12.1. The molecule has 0 aromatic heterocycles. The van der Waals surface area contributed by atoms with E-state index in [1.807, 2.05) is 31.2 Å². The number of esters is 1. The molecule has 0 saturated heterocycles. The summed E-state index contributed by atoms with van der Waals surface area (Å²) in [5.41, 5.74) is 1.42. The van der Waals surface area contributed by atoms with Gasteiger partial charge < -0.3 is 24.7 Å². The van der Waals surface area contributed by atoms with E-state index >= 15 is 0 Å². The lowest BCUT2D eigenvalue weighted by molar-refractivity contribution is -0.383. The average Bonchev–Trinajstić information content (AvgIpc) is 3.13. The van der Waals surface area contributed by atoms with Gasteiger partial charge in [-0.1, -0.05) is 61.7 Å². The van der Waals surface area contributed by atoms with Crippen molar-refractivity contribution in [1.82, 2.24) is 0 Å². The first kappa shape index (κ1) is 39.9. The fourth-order valence-corrected chi connectivity index (χ4v) is 5.83. The van der Waals surface area contributed by atoms with E-state index in [1.165, 1.54) is 36.4 Å². The molecule has 0 bridgehead atoms. The molecule has 4 aromatic rings. The number of benzene rings is 4. The molecule has 14 heteroatoms. The van der Waals surface area contributed by atoms with E-state index in [2.05, 4.69) is 10.6 Å². The van der Waals surface area contributed by atoms with Gasteiger partial charge in [0.1, 0.15) is 17.2 Å². The lowest BCUT2D eigenvalue weighted by atomic mass is 10.1. The van der Waals surface area contributed by atoms with Crippen molar-refractivity contribution < 1.29 is 37.5 Å². The van der Waals surface area contributed by atoms with Crippen molar-refractivity contribution in [2.45, 2.75) is 52.4 Å². The van der Waals surface area contributed by atoms with Crippen molar-refractivity contribution in [3.05, 3.63) is 124 Å². The van der Waals surface area contributed by atoms with Gasteiger partial charge in [0.05, 0.1) is 34.0 Å². The normalized spacial score (nSPS) is 11.5. The molecule has 278 valence electrons. The quantitative estimate of drug-likeness (QED) is 0.0238. The Labute approximate surface area is 310 Å². The molecule has 0 aliphatic rings. The first-order valence-corrected chi connectivity index (χ1v) is 18.1. The number of nitrogens with one attached hydrogen (secondary N) is 2. The Morgan fingerprint density at radius 2 is 1.62 bits per heavy atom. The summed E-state index contributed by atoms with van der Waals surface area (Å²) >= 11 is -3.19. The number of anilines is 3. The van der Waals surface area contributed by atoms with Crippen LogP contribution in [0.3, 0.4) is 0 Å². The number of hydrogen-bond donors (Lipinski definition) is 2. The number of carbonyl (C=O) groups excluding carboxylic acids is 3. The Balaban J connectivity index is 1.51. The zero-order valence-electron chi connectivity index (χ0n) is 29.4. The van der Waals surface area contributed by atoms with E-state index in [4.69, 9.17) is 9.47 Å². The van der Waals surface area contributed by atoms with Gasteiger partial charge in [0.25, 0.3) is 11.6 Å². The number of carbonyl (C=O) groups is 3. The first-order valence-electron chi connectivity index (χ1n) is 17.1. The van der Waals surface area contributed by atoms with Gasteiger partial charge in [-0.25, -0.2) is 4.31 Å². The molecular formula is C39H41N4O9S-. The highest BCUT2D eigenvalue weighted by atomic mass is 32.2. The molecule has 13 nitrogen and oxygen atoms in total. The van der Waals surface area contributed by atoms with Gasteiger partial charge in [0.15, 0.2) is 0 Å². The van der Waals surface area contributed by atoms with Gasteiger partial charge >= 0.3 is 5.97 Å². The maximum Gasteiger partial charge on any atom is 0.305 e. The second-order valence-corrected chi connectivity index (χ2v) is 12.6. The molecule has 2 N–H and O–H groups in total. The molecule has 4 aromatic carbocycles. The lowest BCUT2D eigenvalue weighted by Gasteiger charge is -2.25. The van der Waals surface area contributed by atoms with E-state index in [0.717, 1.165) is 42.9 Å². The van der Waals surface area contributed by atoms with E-state index in [0.29, 0.717) is 36.0 Å². The summed E-state index contributed by atoms with van der Waals surface area (Å²) in [6, 6.07) is 23.8. The molecule has 0 radical (unpaired) electrons. The van der Waals surface area contributed by atoms with Gasteiger partial charge in [-0.15, -0.1) is 0 Å². The third-order valence-electron chi connectivity index (χ3n) is 7.98. The van der Waals surface area contributed by atoms with Crippen LogP contribution in [0.1, 0.15) is 66.9 Å². The number of unbranched alkanes of at least 4 members (excludes halogenated alkanes) is 4. The third-order valence-corrected chi connectivity index (χ3v) is 8.65. The van der Waals surface area contributed by atoms with E-state index in [-0.39, 0.29) is 34.3 Å². The minimum Gasteiger partial charge on any atom is -0.755 e. The topological polar surface area (TPSA) is 180 Å². The number of nitro benzene ring substituents is 1. The fourth-order valence-electron chi connectivity index (χ4n) is 5.31. The zero-order valence-corrected chi connectivity index (χ0v) is 30.3. The van der Waals surface area contributed by atoms with Gasteiger partial charge in [-0.3, -0.25) is 28.7 Å². The molecule has 1 unspecified atom stereocenters. The monoisotopic (exact) mass is 741 g/mol. The fraction of sp³-hybridized carbons (Fsp3) is 0.256. The average molecular weight is 742 g/mol. The summed E-state index contributed by atoms with van der Waals surface area (Å²) in [6.07, 6.45) is 7.40. The Bertz CT molecular complexity index is 1950. The SMILES string of the molecule is CCOC(=O)CCCCCCCNc1ccc(N(C(=O)c2ccc(NC(=O)C=Cc3ccccc3C)cc2Oc2ccccc2)S(=O)[O-])cc1[N+](=O)[O-]. The maximum absolute atomic E-state index is 13.9. The first-order chi connectivity index (χ1) is 25.6. The number of aryl methyl sites for hydroxylation is 1. The highest BCUT2D eigenvalue weighted by Crippen LogP contribution is 2.34. The Morgan fingerprint density at radius 3 is 2.34 bits per heavy atom. The second kappa shape index (κ2) is 20.2. The maximum atomic E-state index is 13.9. The minimum atomic E-state index is -3.19. The summed E-state index contributed by atoms with van der Waals surface area (Å²) in [6.45, 7) is 4.46. The largest absolute Gasteiger partial charge is 0.755 e. The van der Waals surface area contributed by atoms with Crippen LogP contribution in [0, 0.1) is 17.0 Å². The van der Waals surface area contributed by atoms with Crippen LogP contribution in [0.4, 0.5) is 22.7 Å². The van der Waals surface area contributed by atoms with E-state index in [9.17, 15) is 33.3 Å². The molecule has 4 rings (SSSR count). The Hall–Kier alpha value is -5.86. The number of amides is 2. The van der Waals surface area contributed by atoms with Crippen molar-refractivity contribution in [2.24, 2.45) is 0 Å². The molecule has 0 fully saturated rings. The molecule has 2 amide bonds. The van der Waals surface area contributed by atoms with Gasteiger partial charge in [0, 0.05) is 36.9 Å². The van der Waals surface area contributed by atoms with Crippen LogP contribution in [0.25, 0.3) is 6.08 Å². The lowest BCUT2D eigenvalue weighted by Crippen LogP contribution is -2.33. The van der Waals surface area contributed by atoms with Crippen molar-refractivity contribution >= 4 is 57.9 Å². The number of rotatable bonds is 19. The van der Waals surface area contributed by atoms with Crippen LogP contribution in [0.2, 0.25) is 0 Å². The van der Waals surface area contributed by atoms with Crippen molar-refractivity contribution in [3.8, 4) is 11.5 Å². The second-order valence-electron chi connectivity index (χ2n) is 11.8. The molecule has 0 heterocycles. The van der Waals surface area contributed by atoms with Crippen LogP contribution >= 0.6 is 0 Å². The number of nitro groups is 1. The zero-order chi connectivity index (χ0) is 38.2. The predicted molar refractivity (Wildman–Crippen MR) is 203 cm³/mol. The van der Waals surface area contributed by atoms with Crippen LogP contribution in [0.15, 0.2) is 97.1 Å². The highest BCUT2D eigenvalue weighted by molar-refractivity contribution is 7.81. The predicted octanol–water partition coefficient (Wildman–Crippen LogP) is 8.10. The van der Waals surface area contributed by atoms with Crippen LogP contribution < -0.4 is 19.7 Å². The number of para-hydroxylation sites is 1. The summed E-state index contributed by atoms with van der Waals surface area (Å²) in [5, 5.41) is 17.8. The van der Waals surface area contributed by atoms with E-state index < -0.39 is 33.7 Å². The summed E-state index contributed by atoms with van der Waals surface area (Å²) < 4.78 is 36.4. The number of nitrogens with zero attached hydrogens (tertiary/aromatic N) is 2. The Morgan fingerprint density at radius 1 is 0.906 bits per heavy atom. The van der Waals surface area contributed by atoms with E-state index in [1.54, 1.807) is 43.3 Å². The Kier molecular flexibility index (Phi) is 15.3. The van der Waals surface area contributed by atoms with Crippen molar-refractivity contribution in [2.75, 3.05) is 28.1 Å². The van der Waals surface area contributed by atoms with Crippen LogP contribution in [-0.4, -0.2) is 44.6 Å². The molecule has 0 aliphatic carbocycles. The van der Waals surface area contributed by atoms with Gasteiger partial charge in [-0.05, 0) is 80.3 Å². The molecule has 0 saturated carbocycles. The van der Waals surface area contributed by atoms with Crippen LogP contribution in [0.5, 0.6) is 11.5 Å². The summed E-state index contributed by atoms with van der Waals surface area (Å²) in [4.78, 5) is 49.6. The minimum absolute atomic E-state index is 0.0639. The van der Waals surface area contributed by atoms with Gasteiger partial charge in [-0.2, -0.15) is 0 Å². The highest BCUT2D eigenvalue weighted by Gasteiger charge is 2.26. The molecule has 1 atom stereocenters. The standard InChI is InChI=1S/C39H42N4O9S/c1-3-51-38(45)18-10-5-4-6-13-25-40-34-23-21-31(27-35(34)43(47)48)42(53(49)50)39(46)33-22-20-30(26-36(33)52-32-16-8-7-9-17-32)41-37(44)24-19-29-15-12-11-14-28(29)2/h7-9,11-12,14-17,19-24,26-27,40H,3-6,10,13,18,25H2,1-2H3,(H,41,44)(H,49,50)/p-1. The van der Waals surface area contributed by atoms with Crippen LogP contribution in [-0.2, 0) is 25.6 Å². The summed E-state index contributed by atoms with van der Waals surface area (Å²) in [5.74, 6) is -1.44. The molecular weight excluding hydrogens is 701 g/mol. The smallest absolute Gasteiger partial charge is 0.305 e. The number of ether oxygens (including phenoxy) is 2. The van der Waals surface area contributed by atoms with Crippen molar-refractivity contribution in [1.29, 1.82) is 0 Å². The van der Waals surface area contributed by atoms with Gasteiger partial charge in [0.2, 0.25) is 5.91 Å². The molecule has 0 spiro atoms.